The Labute approximate surface area is 131 Å². The molecule has 0 radical (unpaired) electrons. The Morgan fingerprint density at radius 2 is 2.17 bits per heavy atom. The fourth-order valence-electron chi connectivity index (χ4n) is 2.05. The lowest BCUT2D eigenvalue weighted by Gasteiger charge is -2.09. The summed E-state index contributed by atoms with van der Waals surface area (Å²) in [5.74, 6) is 0.626. The zero-order valence-electron chi connectivity index (χ0n) is 12.6. The molecule has 3 N–H and O–H groups in total. The summed E-state index contributed by atoms with van der Waals surface area (Å²) < 4.78 is 7.00. The highest BCUT2D eigenvalue weighted by atomic mass is 16.3. The van der Waals surface area contributed by atoms with Gasteiger partial charge >= 0.3 is 0 Å². The molecule has 3 aromatic heterocycles. The molecule has 3 aromatic rings. The van der Waals surface area contributed by atoms with Gasteiger partial charge in [-0.25, -0.2) is 19.9 Å². The van der Waals surface area contributed by atoms with E-state index in [1.165, 1.54) is 12.5 Å². The number of carbonyl (C=O) groups is 1. The second kappa shape index (κ2) is 5.87. The van der Waals surface area contributed by atoms with Gasteiger partial charge in [-0.3, -0.25) is 4.79 Å². The summed E-state index contributed by atoms with van der Waals surface area (Å²) in [5.41, 5.74) is 6.83. The molecular formula is C14H15N7O2. The van der Waals surface area contributed by atoms with E-state index in [0.717, 1.165) is 5.82 Å². The number of amides is 1. The lowest BCUT2D eigenvalue weighted by atomic mass is 10.2. The minimum Gasteiger partial charge on any atom is -0.443 e. The third-order valence-electron chi connectivity index (χ3n) is 3.28. The molecule has 0 atom stereocenters. The molecule has 3 heterocycles. The number of hydrogen-bond donors (Lipinski definition) is 2. The monoisotopic (exact) mass is 313 g/mol. The van der Waals surface area contributed by atoms with Gasteiger partial charge in [0.1, 0.15) is 17.8 Å². The molecule has 9 heteroatoms. The number of oxazole rings is 1. The molecule has 23 heavy (non-hydrogen) atoms. The lowest BCUT2D eigenvalue weighted by Crippen LogP contribution is -2.27. The molecular weight excluding hydrogens is 298 g/mol. The van der Waals surface area contributed by atoms with Gasteiger partial charge in [0.2, 0.25) is 5.89 Å². The molecule has 1 amide bonds. The Morgan fingerprint density at radius 1 is 1.35 bits per heavy atom. The number of aryl methyl sites for hydroxylation is 2. The standard InChI is InChI=1S/C14H15N7O2/c1-8-10(14-17-4-6-23-14)20-12(15)11(19-8)13(22)18-7-9-16-3-5-21(9)2/h3-6H,7H2,1-2H3,(H2,15,20)(H,18,22). The van der Waals surface area contributed by atoms with Crippen molar-refractivity contribution in [2.45, 2.75) is 13.5 Å². The number of nitrogens with zero attached hydrogens (tertiary/aromatic N) is 5. The number of nitrogens with one attached hydrogen (secondary N) is 1. The first kappa shape index (κ1) is 14.7. The number of rotatable bonds is 4. The van der Waals surface area contributed by atoms with Crippen molar-refractivity contribution in [1.82, 2.24) is 29.8 Å². The average Bonchev–Trinajstić information content (AvgIpc) is 3.18. The van der Waals surface area contributed by atoms with Gasteiger partial charge in [-0.2, -0.15) is 0 Å². The number of nitrogen functional groups attached to an aromatic ring is 1. The minimum absolute atomic E-state index is 0.0149. The van der Waals surface area contributed by atoms with Gasteiger partial charge in [0.05, 0.1) is 18.4 Å². The van der Waals surface area contributed by atoms with E-state index in [9.17, 15) is 4.79 Å². The van der Waals surface area contributed by atoms with Crippen molar-refractivity contribution >= 4 is 11.7 Å². The van der Waals surface area contributed by atoms with Crippen molar-refractivity contribution < 1.29 is 9.21 Å². The van der Waals surface area contributed by atoms with Crippen LogP contribution in [-0.4, -0.2) is 30.4 Å². The van der Waals surface area contributed by atoms with E-state index in [1.54, 1.807) is 19.3 Å². The summed E-state index contributed by atoms with van der Waals surface area (Å²) in [6, 6.07) is 0. The maximum atomic E-state index is 12.3. The smallest absolute Gasteiger partial charge is 0.274 e. The molecule has 0 aliphatic rings. The van der Waals surface area contributed by atoms with Crippen LogP contribution >= 0.6 is 0 Å². The summed E-state index contributed by atoms with van der Waals surface area (Å²) in [4.78, 5) is 28.8. The molecule has 0 unspecified atom stereocenters. The quantitative estimate of drug-likeness (QED) is 0.725. The summed E-state index contributed by atoms with van der Waals surface area (Å²) >= 11 is 0. The Bertz CT molecular complexity index is 839. The molecule has 0 fully saturated rings. The van der Waals surface area contributed by atoms with Crippen molar-refractivity contribution in [2.75, 3.05) is 5.73 Å². The number of carbonyl (C=O) groups excluding carboxylic acids is 1. The van der Waals surface area contributed by atoms with Crippen LogP contribution in [0, 0.1) is 6.92 Å². The summed E-state index contributed by atoms with van der Waals surface area (Å²) in [6.45, 7) is 1.98. The van der Waals surface area contributed by atoms with E-state index in [-0.39, 0.29) is 18.1 Å². The Hall–Kier alpha value is -3.23. The van der Waals surface area contributed by atoms with E-state index in [1.807, 2.05) is 11.6 Å². The van der Waals surface area contributed by atoms with Crippen LogP contribution < -0.4 is 11.1 Å². The largest absolute Gasteiger partial charge is 0.443 e. The van der Waals surface area contributed by atoms with Crippen molar-refractivity contribution in [3.05, 3.63) is 42.1 Å². The van der Waals surface area contributed by atoms with Gasteiger partial charge in [-0.1, -0.05) is 0 Å². The molecule has 118 valence electrons. The summed E-state index contributed by atoms with van der Waals surface area (Å²) in [5, 5.41) is 2.72. The molecule has 0 aliphatic carbocycles. The number of hydrogen-bond acceptors (Lipinski definition) is 7. The predicted octanol–water partition coefficient (Wildman–Crippen LogP) is 0.686. The normalized spacial score (nSPS) is 10.7. The third kappa shape index (κ3) is 2.89. The Kier molecular flexibility index (Phi) is 3.75. The predicted molar refractivity (Wildman–Crippen MR) is 81.1 cm³/mol. The first-order valence-electron chi connectivity index (χ1n) is 6.84. The minimum atomic E-state index is -0.417. The van der Waals surface area contributed by atoms with Gasteiger partial charge in [-0.05, 0) is 6.92 Å². The van der Waals surface area contributed by atoms with E-state index < -0.39 is 5.91 Å². The van der Waals surface area contributed by atoms with Crippen LogP contribution in [0.25, 0.3) is 11.6 Å². The highest BCUT2D eigenvalue weighted by molar-refractivity contribution is 5.96. The van der Waals surface area contributed by atoms with Crippen molar-refractivity contribution in [2.24, 2.45) is 7.05 Å². The van der Waals surface area contributed by atoms with Gasteiger partial charge in [0.15, 0.2) is 11.5 Å². The molecule has 0 aromatic carbocycles. The molecule has 0 saturated carbocycles. The van der Waals surface area contributed by atoms with Crippen molar-refractivity contribution in [3.8, 4) is 11.6 Å². The van der Waals surface area contributed by atoms with Crippen molar-refractivity contribution in [1.29, 1.82) is 0 Å². The first-order valence-corrected chi connectivity index (χ1v) is 6.84. The number of aromatic nitrogens is 5. The first-order chi connectivity index (χ1) is 11.1. The average molecular weight is 313 g/mol. The van der Waals surface area contributed by atoms with E-state index in [0.29, 0.717) is 17.3 Å². The second-order valence-corrected chi connectivity index (χ2v) is 4.87. The van der Waals surface area contributed by atoms with Crippen LogP contribution in [0.2, 0.25) is 0 Å². The zero-order valence-corrected chi connectivity index (χ0v) is 12.6. The van der Waals surface area contributed by atoms with Crippen LogP contribution in [-0.2, 0) is 13.6 Å². The van der Waals surface area contributed by atoms with Gasteiger partial charge in [0.25, 0.3) is 5.91 Å². The molecule has 0 saturated heterocycles. The highest BCUT2D eigenvalue weighted by Gasteiger charge is 2.18. The van der Waals surface area contributed by atoms with Crippen LogP contribution in [0.4, 0.5) is 5.82 Å². The van der Waals surface area contributed by atoms with E-state index >= 15 is 0 Å². The topological polar surface area (TPSA) is 125 Å². The maximum absolute atomic E-state index is 12.3. The van der Waals surface area contributed by atoms with E-state index in [2.05, 4.69) is 25.3 Å². The molecule has 0 aliphatic heterocycles. The Morgan fingerprint density at radius 3 is 2.83 bits per heavy atom. The van der Waals surface area contributed by atoms with Gasteiger partial charge in [0, 0.05) is 19.4 Å². The molecule has 3 rings (SSSR count). The van der Waals surface area contributed by atoms with E-state index in [4.69, 9.17) is 10.2 Å². The van der Waals surface area contributed by atoms with Crippen LogP contribution in [0.15, 0.2) is 29.3 Å². The summed E-state index contributed by atoms with van der Waals surface area (Å²) in [6.07, 6.45) is 6.39. The fraction of sp³-hybridized carbons (Fsp3) is 0.214. The highest BCUT2D eigenvalue weighted by Crippen LogP contribution is 2.20. The fourth-order valence-corrected chi connectivity index (χ4v) is 2.05. The van der Waals surface area contributed by atoms with Gasteiger partial charge in [-0.15, -0.1) is 0 Å². The van der Waals surface area contributed by atoms with Crippen LogP contribution in [0.1, 0.15) is 22.0 Å². The summed E-state index contributed by atoms with van der Waals surface area (Å²) in [7, 11) is 1.85. The Balaban J connectivity index is 1.81. The maximum Gasteiger partial charge on any atom is 0.274 e. The number of nitrogens with two attached hydrogens (primary N) is 1. The zero-order chi connectivity index (χ0) is 16.4. The molecule has 0 bridgehead atoms. The third-order valence-corrected chi connectivity index (χ3v) is 3.28. The van der Waals surface area contributed by atoms with Gasteiger partial charge < -0.3 is 20.0 Å². The SMILES string of the molecule is Cc1nc(C(=O)NCc2nccn2C)c(N)nc1-c1ncco1. The molecule has 9 nitrogen and oxygen atoms in total. The van der Waals surface area contributed by atoms with Crippen LogP contribution in [0.5, 0.6) is 0 Å². The second-order valence-electron chi connectivity index (χ2n) is 4.87. The lowest BCUT2D eigenvalue weighted by molar-refractivity contribution is 0.0945. The molecule has 0 spiro atoms. The van der Waals surface area contributed by atoms with Crippen molar-refractivity contribution in [3.63, 3.8) is 0 Å². The number of imidazole rings is 1. The number of anilines is 1. The van der Waals surface area contributed by atoms with Crippen LogP contribution in [0.3, 0.4) is 0 Å².